The van der Waals surface area contributed by atoms with Gasteiger partial charge in [0.15, 0.2) is 0 Å². The van der Waals surface area contributed by atoms with Crippen molar-refractivity contribution in [3.8, 4) is 0 Å². The second-order valence-corrected chi connectivity index (χ2v) is 8.60. The number of aromatic nitrogens is 2. The third-order valence-electron chi connectivity index (χ3n) is 5.66. The van der Waals surface area contributed by atoms with Gasteiger partial charge >= 0.3 is 0 Å². The van der Waals surface area contributed by atoms with Crippen molar-refractivity contribution in [2.24, 2.45) is 5.92 Å². The molecule has 1 saturated heterocycles. The zero-order chi connectivity index (χ0) is 20.8. The maximum Gasteiger partial charge on any atom is 0.226 e. The van der Waals surface area contributed by atoms with Crippen molar-refractivity contribution in [1.29, 1.82) is 0 Å². The van der Waals surface area contributed by atoms with Crippen molar-refractivity contribution in [1.82, 2.24) is 14.3 Å². The third kappa shape index (κ3) is 5.53. The Hall–Kier alpha value is -2.02. The zero-order valence-corrected chi connectivity index (χ0v) is 18.4. The van der Waals surface area contributed by atoms with E-state index in [2.05, 4.69) is 39.9 Å². The molecule has 29 heavy (non-hydrogen) atoms. The molecule has 1 fully saturated rings. The van der Waals surface area contributed by atoms with Crippen LogP contribution < -0.4 is 4.90 Å². The Balaban J connectivity index is 1.58. The number of carbonyl (C=O) groups excluding carboxylic acids is 1. The van der Waals surface area contributed by atoms with Gasteiger partial charge in [-0.2, -0.15) is 4.37 Å². The number of benzene rings is 1. The summed E-state index contributed by atoms with van der Waals surface area (Å²) in [5.41, 5.74) is 0.997. The SMILES string of the molecule is CCCC[C@H](CC)C(=O)N1CCN(c2nc(Cc3ccc(F)cc3)ns2)C[C@@H]1C. The van der Waals surface area contributed by atoms with Crippen molar-refractivity contribution in [3.05, 3.63) is 41.5 Å². The highest BCUT2D eigenvalue weighted by atomic mass is 32.1. The number of rotatable bonds is 8. The molecule has 5 nitrogen and oxygen atoms in total. The van der Waals surface area contributed by atoms with Gasteiger partial charge < -0.3 is 9.80 Å². The molecule has 0 saturated carbocycles. The van der Waals surface area contributed by atoms with Gasteiger partial charge in [0.1, 0.15) is 11.6 Å². The monoisotopic (exact) mass is 418 g/mol. The van der Waals surface area contributed by atoms with Gasteiger partial charge in [0.05, 0.1) is 0 Å². The maximum atomic E-state index is 13.1. The lowest BCUT2D eigenvalue weighted by Crippen LogP contribution is -2.55. The van der Waals surface area contributed by atoms with Gasteiger partial charge in [-0.05, 0) is 37.5 Å². The third-order valence-corrected chi connectivity index (χ3v) is 6.48. The maximum absolute atomic E-state index is 13.1. The summed E-state index contributed by atoms with van der Waals surface area (Å²) in [5.74, 6) is 0.977. The van der Waals surface area contributed by atoms with Crippen LogP contribution in [-0.2, 0) is 11.2 Å². The van der Waals surface area contributed by atoms with E-state index in [1.807, 2.05) is 0 Å². The molecule has 0 N–H and O–H groups in total. The van der Waals surface area contributed by atoms with Crippen molar-refractivity contribution >= 4 is 22.6 Å². The number of halogens is 1. The first-order valence-corrected chi connectivity index (χ1v) is 11.4. The minimum Gasteiger partial charge on any atom is -0.343 e. The van der Waals surface area contributed by atoms with Crippen LogP contribution in [-0.4, -0.2) is 45.8 Å². The number of hydrogen-bond donors (Lipinski definition) is 0. The van der Waals surface area contributed by atoms with Crippen molar-refractivity contribution in [2.75, 3.05) is 24.5 Å². The summed E-state index contributed by atoms with van der Waals surface area (Å²) in [5, 5.41) is 0.902. The Kier molecular flexibility index (Phi) is 7.58. The average molecular weight is 419 g/mol. The largest absolute Gasteiger partial charge is 0.343 e. The summed E-state index contributed by atoms with van der Waals surface area (Å²) >= 11 is 1.40. The van der Waals surface area contributed by atoms with Gasteiger partial charge in [-0.3, -0.25) is 4.79 Å². The second-order valence-electron chi connectivity index (χ2n) is 7.87. The fourth-order valence-corrected chi connectivity index (χ4v) is 4.60. The second kappa shape index (κ2) is 10.1. The van der Waals surface area contributed by atoms with Crippen molar-refractivity contribution in [3.63, 3.8) is 0 Å². The molecule has 2 aromatic rings. The van der Waals surface area contributed by atoms with Crippen LogP contribution in [0.2, 0.25) is 0 Å². The summed E-state index contributed by atoms with van der Waals surface area (Å²) in [7, 11) is 0. The molecule has 0 spiro atoms. The number of amides is 1. The van der Waals surface area contributed by atoms with Gasteiger partial charge in [-0.15, -0.1) is 0 Å². The smallest absolute Gasteiger partial charge is 0.226 e. The molecule has 0 bridgehead atoms. The van der Waals surface area contributed by atoms with E-state index in [1.165, 1.54) is 23.7 Å². The molecule has 1 aromatic heterocycles. The van der Waals surface area contributed by atoms with Crippen molar-refractivity contribution in [2.45, 2.75) is 58.9 Å². The normalized spacial score (nSPS) is 18.1. The molecule has 0 aliphatic carbocycles. The lowest BCUT2D eigenvalue weighted by molar-refractivity contribution is -0.138. The van der Waals surface area contributed by atoms with E-state index in [-0.39, 0.29) is 17.8 Å². The fraction of sp³-hybridized carbons (Fsp3) is 0.591. The highest BCUT2D eigenvalue weighted by molar-refractivity contribution is 7.09. The highest BCUT2D eigenvalue weighted by Gasteiger charge is 2.31. The van der Waals surface area contributed by atoms with Crippen LogP contribution in [0.3, 0.4) is 0 Å². The van der Waals surface area contributed by atoms with Crippen LogP contribution in [0, 0.1) is 11.7 Å². The molecule has 1 aromatic carbocycles. The molecular formula is C22H31FN4OS. The fourth-order valence-electron chi connectivity index (χ4n) is 3.88. The van der Waals surface area contributed by atoms with E-state index in [0.717, 1.165) is 61.8 Å². The van der Waals surface area contributed by atoms with E-state index in [0.29, 0.717) is 12.3 Å². The van der Waals surface area contributed by atoms with E-state index in [1.54, 1.807) is 12.1 Å². The molecule has 0 radical (unpaired) electrons. The first-order chi connectivity index (χ1) is 14.0. The predicted octanol–water partition coefficient (Wildman–Crippen LogP) is 4.52. The number of unbranched alkanes of at least 4 members (excludes halogenated alkanes) is 1. The molecule has 3 rings (SSSR count). The molecule has 1 amide bonds. The molecule has 1 aliphatic heterocycles. The molecule has 0 unspecified atom stereocenters. The Morgan fingerprint density at radius 3 is 2.69 bits per heavy atom. The Morgan fingerprint density at radius 2 is 2.03 bits per heavy atom. The summed E-state index contributed by atoms with van der Waals surface area (Å²) in [4.78, 5) is 21.9. The van der Waals surface area contributed by atoms with Crippen molar-refractivity contribution < 1.29 is 9.18 Å². The average Bonchev–Trinajstić information content (AvgIpc) is 3.18. The number of piperazine rings is 1. The van der Waals surface area contributed by atoms with E-state index < -0.39 is 0 Å². The van der Waals surface area contributed by atoms with Crippen LogP contribution in [0.25, 0.3) is 0 Å². The van der Waals surface area contributed by atoms with E-state index in [9.17, 15) is 9.18 Å². The Bertz CT molecular complexity index is 794. The summed E-state index contributed by atoms with van der Waals surface area (Å²) < 4.78 is 17.5. The van der Waals surface area contributed by atoms with Gasteiger partial charge in [-0.1, -0.05) is 38.8 Å². The van der Waals surface area contributed by atoms with Crippen LogP contribution in [0.15, 0.2) is 24.3 Å². The quantitative estimate of drug-likeness (QED) is 0.632. The number of carbonyl (C=O) groups is 1. The predicted molar refractivity (Wildman–Crippen MR) is 116 cm³/mol. The summed E-state index contributed by atoms with van der Waals surface area (Å²) in [6.07, 6.45) is 4.74. The summed E-state index contributed by atoms with van der Waals surface area (Å²) in [6.45, 7) is 8.70. The van der Waals surface area contributed by atoms with Crippen LogP contribution in [0.5, 0.6) is 0 Å². The molecule has 2 atom stereocenters. The zero-order valence-electron chi connectivity index (χ0n) is 17.6. The van der Waals surface area contributed by atoms with Gasteiger partial charge in [0.2, 0.25) is 11.0 Å². The molecular weight excluding hydrogens is 387 g/mol. The lowest BCUT2D eigenvalue weighted by Gasteiger charge is -2.41. The van der Waals surface area contributed by atoms with E-state index >= 15 is 0 Å². The molecule has 158 valence electrons. The number of anilines is 1. The number of nitrogens with zero attached hydrogens (tertiary/aromatic N) is 4. The van der Waals surface area contributed by atoms with Gasteiger partial charge in [0.25, 0.3) is 0 Å². The van der Waals surface area contributed by atoms with Crippen LogP contribution in [0.1, 0.15) is 57.8 Å². The first kappa shape index (κ1) is 21.7. The van der Waals surface area contributed by atoms with Crippen LogP contribution in [0.4, 0.5) is 9.52 Å². The minimum atomic E-state index is -0.234. The van der Waals surface area contributed by atoms with Gasteiger partial charge in [0, 0.05) is 49.5 Å². The first-order valence-electron chi connectivity index (χ1n) is 10.6. The molecule has 7 heteroatoms. The summed E-state index contributed by atoms with van der Waals surface area (Å²) in [6, 6.07) is 6.63. The highest BCUT2D eigenvalue weighted by Crippen LogP contribution is 2.25. The molecule has 2 heterocycles. The minimum absolute atomic E-state index is 0.146. The van der Waals surface area contributed by atoms with Gasteiger partial charge in [-0.25, -0.2) is 9.37 Å². The standard InChI is InChI=1S/C22H31FN4OS/c1-4-6-7-18(5-2)21(28)27-13-12-26(15-16(27)3)22-24-20(25-29-22)14-17-8-10-19(23)11-9-17/h8-11,16,18H,4-7,12-15H2,1-3H3/t16-,18-/m0/s1. The Morgan fingerprint density at radius 1 is 1.28 bits per heavy atom. The van der Waals surface area contributed by atoms with Crippen LogP contribution >= 0.6 is 11.5 Å². The van der Waals surface area contributed by atoms with E-state index in [4.69, 9.17) is 0 Å². The Labute approximate surface area is 177 Å². The lowest BCUT2D eigenvalue weighted by atomic mass is 9.96. The topological polar surface area (TPSA) is 49.3 Å². The molecule has 1 aliphatic rings. The number of hydrogen-bond acceptors (Lipinski definition) is 5.